The molecule has 0 aliphatic carbocycles. The summed E-state index contributed by atoms with van der Waals surface area (Å²) >= 11 is 0. The summed E-state index contributed by atoms with van der Waals surface area (Å²) in [4.78, 5) is 21.6. The number of nitro groups is 1. The van der Waals surface area contributed by atoms with E-state index >= 15 is 0 Å². The normalized spacial score (nSPS) is 10.2. The molecule has 0 aliphatic heterocycles. The van der Waals surface area contributed by atoms with Crippen LogP contribution < -0.4 is 0 Å². The lowest BCUT2D eigenvalue weighted by atomic mass is 10.1. The van der Waals surface area contributed by atoms with E-state index in [-0.39, 0.29) is 18.1 Å². The van der Waals surface area contributed by atoms with Gasteiger partial charge in [-0.25, -0.2) is 4.79 Å². The third kappa shape index (κ3) is 2.76. The Bertz CT molecular complexity index is 620. The van der Waals surface area contributed by atoms with Gasteiger partial charge in [-0.15, -0.1) is 0 Å². The van der Waals surface area contributed by atoms with Crippen LogP contribution in [0.3, 0.4) is 0 Å². The average molecular weight is 262 g/mol. The molecular weight excluding hydrogens is 252 g/mol. The minimum absolute atomic E-state index is 0.0386. The summed E-state index contributed by atoms with van der Waals surface area (Å²) in [6, 6.07) is 7.28. The van der Waals surface area contributed by atoms with Gasteiger partial charge in [-0.3, -0.25) is 10.1 Å². The number of ether oxygens (including phenoxy) is 1. The zero-order chi connectivity index (χ0) is 13.8. The third-order valence-corrected chi connectivity index (χ3v) is 2.34. The lowest BCUT2D eigenvalue weighted by molar-refractivity contribution is -0.384. The molecule has 0 spiro atoms. The van der Waals surface area contributed by atoms with Crippen molar-refractivity contribution < 1.29 is 19.0 Å². The molecule has 0 atom stereocenters. The van der Waals surface area contributed by atoms with Gasteiger partial charge in [0.25, 0.3) is 5.69 Å². The number of aromatic nitrogens is 1. The Morgan fingerprint density at radius 2 is 2.26 bits per heavy atom. The molecule has 1 aromatic carbocycles. The molecular formula is C12H10N2O5. The van der Waals surface area contributed by atoms with Crippen molar-refractivity contribution in [2.24, 2.45) is 0 Å². The Hall–Kier alpha value is -2.70. The molecule has 1 aromatic heterocycles. The second-order valence-corrected chi connectivity index (χ2v) is 3.60. The maximum atomic E-state index is 11.4. The quantitative estimate of drug-likeness (QED) is 0.477. The zero-order valence-corrected chi connectivity index (χ0v) is 10.0. The summed E-state index contributed by atoms with van der Waals surface area (Å²) < 4.78 is 9.60. The van der Waals surface area contributed by atoms with Crippen LogP contribution in [0.25, 0.3) is 11.3 Å². The summed E-state index contributed by atoms with van der Waals surface area (Å²) in [5.74, 6) is -0.657. The van der Waals surface area contributed by atoms with Crippen molar-refractivity contribution in [1.29, 1.82) is 0 Å². The van der Waals surface area contributed by atoms with Gasteiger partial charge < -0.3 is 9.26 Å². The SMILES string of the molecule is CCOC(=O)c1cc(-c2cccc([N+](=O)[O-])c2)no1. The molecule has 0 aliphatic rings. The van der Waals surface area contributed by atoms with E-state index in [1.54, 1.807) is 13.0 Å². The number of esters is 1. The van der Waals surface area contributed by atoms with Crippen molar-refractivity contribution >= 4 is 11.7 Å². The maximum absolute atomic E-state index is 11.4. The lowest BCUT2D eigenvalue weighted by Gasteiger charge is -1.95. The van der Waals surface area contributed by atoms with Crippen molar-refractivity contribution in [3.63, 3.8) is 0 Å². The van der Waals surface area contributed by atoms with Crippen LogP contribution in [-0.2, 0) is 4.74 Å². The Morgan fingerprint density at radius 3 is 2.95 bits per heavy atom. The van der Waals surface area contributed by atoms with Gasteiger partial charge in [-0.2, -0.15) is 0 Å². The Balaban J connectivity index is 2.30. The maximum Gasteiger partial charge on any atom is 0.377 e. The van der Waals surface area contributed by atoms with E-state index in [0.717, 1.165) is 0 Å². The van der Waals surface area contributed by atoms with E-state index < -0.39 is 10.9 Å². The molecule has 1 heterocycles. The third-order valence-electron chi connectivity index (χ3n) is 2.34. The first-order valence-electron chi connectivity index (χ1n) is 5.50. The van der Waals surface area contributed by atoms with E-state index in [1.165, 1.54) is 24.3 Å². The first kappa shape index (κ1) is 12.7. The smallest absolute Gasteiger partial charge is 0.377 e. The molecule has 7 heteroatoms. The number of benzene rings is 1. The number of hydrogen-bond donors (Lipinski definition) is 0. The number of rotatable bonds is 4. The van der Waals surface area contributed by atoms with Gasteiger partial charge in [0.2, 0.25) is 5.76 Å². The first-order chi connectivity index (χ1) is 9.11. The summed E-state index contributed by atoms with van der Waals surface area (Å²) in [6.45, 7) is 1.90. The highest BCUT2D eigenvalue weighted by atomic mass is 16.6. The van der Waals surface area contributed by atoms with Gasteiger partial charge in [0.1, 0.15) is 5.69 Å². The largest absolute Gasteiger partial charge is 0.460 e. The van der Waals surface area contributed by atoms with Gasteiger partial charge in [0.05, 0.1) is 11.5 Å². The molecule has 0 unspecified atom stereocenters. The van der Waals surface area contributed by atoms with Gasteiger partial charge in [-0.1, -0.05) is 17.3 Å². The molecule has 2 rings (SSSR count). The van der Waals surface area contributed by atoms with Crippen LogP contribution in [0, 0.1) is 10.1 Å². The van der Waals surface area contributed by atoms with Crippen LogP contribution in [0.15, 0.2) is 34.9 Å². The topological polar surface area (TPSA) is 95.5 Å². The van der Waals surface area contributed by atoms with Crippen molar-refractivity contribution in [3.05, 3.63) is 46.2 Å². The number of carbonyl (C=O) groups is 1. The minimum Gasteiger partial charge on any atom is -0.460 e. The fraction of sp³-hybridized carbons (Fsp3) is 0.167. The highest BCUT2D eigenvalue weighted by Gasteiger charge is 2.16. The van der Waals surface area contributed by atoms with Crippen LogP contribution in [0.4, 0.5) is 5.69 Å². The number of non-ortho nitro benzene ring substituents is 1. The van der Waals surface area contributed by atoms with Crippen molar-refractivity contribution in [2.75, 3.05) is 6.61 Å². The van der Waals surface area contributed by atoms with Gasteiger partial charge in [0, 0.05) is 23.8 Å². The minimum atomic E-state index is -0.619. The second-order valence-electron chi connectivity index (χ2n) is 3.60. The highest BCUT2D eigenvalue weighted by molar-refractivity contribution is 5.87. The molecule has 19 heavy (non-hydrogen) atoms. The van der Waals surface area contributed by atoms with Crippen molar-refractivity contribution in [2.45, 2.75) is 6.92 Å². The summed E-state index contributed by atoms with van der Waals surface area (Å²) in [5.41, 5.74) is 0.776. The Kier molecular flexibility index (Phi) is 3.56. The molecule has 0 saturated carbocycles. The molecule has 0 saturated heterocycles. The Morgan fingerprint density at radius 1 is 1.47 bits per heavy atom. The molecule has 0 fully saturated rings. The number of carbonyl (C=O) groups excluding carboxylic acids is 1. The number of nitrogens with zero attached hydrogens (tertiary/aromatic N) is 2. The van der Waals surface area contributed by atoms with Gasteiger partial charge in [-0.05, 0) is 6.92 Å². The van der Waals surface area contributed by atoms with E-state index in [2.05, 4.69) is 5.16 Å². The van der Waals surface area contributed by atoms with E-state index in [1.807, 2.05) is 0 Å². The van der Waals surface area contributed by atoms with Crippen molar-refractivity contribution in [3.8, 4) is 11.3 Å². The van der Waals surface area contributed by atoms with E-state index in [9.17, 15) is 14.9 Å². The standard InChI is InChI=1S/C12H10N2O5/c1-2-18-12(15)11-7-10(13-19-11)8-4-3-5-9(6-8)14(16)17/h3-7H,2H2,1H3. The summed E-state index contributed by atoms with van der Waals surface area (Å²) in [6.07, 6.45) is 0. The lowest BCUT2D eigenvalue weighted by Crippen LogP contribution is -2.02. The fourth-order valence-electron chi connectivity index (χ4n) is 1.49. The monoisotopic (exact) mass is 262 g/mol. The molecule has 0 radical (unpaired) electrons. The number of nitro benzene ring substituents is 1. The fourth-order valence-corrected chi connectivity index (χ4v) is 1.49. The van der Waals surface area contributed by atoms with Crippen LogP contribution in [0.5, 0.6) is 0 Å². The predicted octanol–water partition coefficient (Wildman–Crippen LogP) is 2.43. The Labute approximate surface area is 107 Å². The van der Waals surface area contributed by atoms with Crippen molar-refractivity contribution in [1.82, 2.24) is 5.16 Å². The van der Waals surface area contributed by atoms with Gasteiger partial charge >= 0.3 is 5.97 Å². The van der Waals surface area contributed by atoms with Gasteiger partial charge in [0.15, 0.2) is 0 Å². The number of hydrogen-bond acceptors (Lipinski definition) is 6. The van der Waals surface area contributed by atoms with Crippen LogP contribution in [0.1, 0.15) is 17.5 Å². The van der Waals surface area contributed by atoms with E-state index in [0.29, 0.717) is 11.3 Å². The summed E-state index contributed by atoms with van der Waals surface area (Å²) in [5, 5.41) is 14.4. The molecule has 0 amide bonds. The first-order valence-corrected chi connectivity index (χ1v) is 5.50. The molecule has 0 N–H and O–H groups in total. The highest BCUT2D eigenvalue weighted by Crippen LogP contribution is 2.23. The second kappa shape index (κ2) is 5.30. The van der Waals surface area contributed by atoms with Crippen LogP contribution >= 0.6 is 0 Å². The molecule has 7 nitrogen and oxygen atoms in total. The zero-order valence-electron chi connectivity index (χ0n) is 10.0. The van der Waals surface area contributed by atoms with Crippen LogP contribution in [-0.4, -0.2) is 22.7 Å². The average Bonchev–Trinajstić information content (AvgIpc) is 2.89. The van der Waals surface area contributed by atoms with Crippen LogP contribution in [0.2, 0.25) is 0 Å². The molecule has 98 valence electrons. The summed E-state index contributed by atoms with van der Waals surface area (Å²) in [7, 11) is 0. The molecule has 0 bridgehead atoms. The van der Waals surface area contributed by atoms with E-state index in [4.69, 9.17) is 9.26 Å². The molecule has 2 aromatic rings. The predicted molar refractivity (Wildman–Crippen MR) is 64.5 cm³/mol.